The van der Waals surface area contributed by atoms with Crippen LogP contribution in [0.4, 0.5) is 5.69 Å². The van der Waals surface area contributed by atoms with Gasteiger partial charge in [0.15, 0.2) is 0 Å². The first-order chi connectivity index (χ1) is 8.24. The molecule has 18 heavy (non-hydrogen) atoms. The second-order valence-electron chi connectivity index (χ2n) is 4.86. The van der Waals surface area contributed by atoms with E-state index in [-0.39, 0.29) is 12.5 Å². The van der Waals surface area contributed by atoms with Crippen LogP contribution in [0.5, 0.6) is 0 Å². The van der Waals surface area contributed by atoms with Crippen molar-refractivity contribution in [3.05, 3.63) is 28.2 Å². The minimum absolute atomic E-state index is 0.162. The van der Waals surface area contributed by atoms with Gasteiger partial charge >= 0.3 is 0 Å². The molecule has 1 aromatic carbocycles. The molecule has 0 bridgehead atoms. The molecule has 0 aliphatic heterocycles. The van der Waals surface area contributed by atoms with E-state index < -0.39 is 5.60 Å². The molecule has 0 radical (unpaired) electrons. The van der Waals surface area contributed by atoms with Gasteiger partial charge in [-0.3, -0.25) is 4.79 Å². The van der Waals surface area contributed by atoms with Crippen LogP contribution >= 0.6 is 15.9 Å². The van der Waals surface area contributed by atoms with E-state index in [1.807, 2.05) is 6.92 Å². The van der Waals surface area contributed by atoms with Crippen LogP contribution in [0.2, 0.25) is 0 Å². The fourth-order valence-electron chi connectivity index (χ4n) is 1.69. The van der Waals surface area contributed by atoms with Crippen LogP contribution in [-0.4, -0.2) is 34.6 Å². The first kappa shape index (κ1) is 15.0. The standard InChI is InChI=1S/C13H19BrN2O2/c1-4-16(8-13(2,3)18)12(17)10-6-5-9(14)7-11(10)15/h5-7,18H,4,8,15H2,1-3H3. The molecule has 0 aromatic heterocycles. The number of anilines is 1. The summed E-state index contributed by atoms with van der Waals surface area (Å²) in [6, 6.07) is 5.17. The highest BCUT2D eigenvalue weighted by atomic mass is 79.9. The van der Waals surface area contributed by atoms with E-state index in [0.717, 1.165) is 4.47 Å². The molecule has 0 aliphatic carbocycles. The van der Waals surface area contributed by atoms with E-state index in [1.165, 1.54) is 0 Å². The molecule has 0 saturated heterocycles. The Kier molecular flexibility index (Phi) is 4.76. The summed E-state index contributed by atoms with van der Waals surface area (Å²) in [6.45, 7) is 6.02. The number of carbonyl (C=O) groups is 1. The number of halogens is 1. The van der Waals surface area contributed by atoms with Gasteiger partial charge in [-0.15, -0.1) is 0 Å². The van der Waals surface area contributed by atoms with Gasteiger partial charge in [0.1, 0.15) is 0 Å². The van der Waals surface area contributed by atoms with Crippen LogP contribution in [0.1, 0.15) is 31.1 Å². The quantitative estimate of drug-likeness (QED) is 0.838. The average Bonchev–Trinajstić information content (AvgIpc) is 2.24. The van der Waals surface area contributed by atoms with Gasteiger partial charge in [-0.1, -0.05) is 15.9 Å². The number of nitrogens with zero attached hydrogens (tertiary/aromatic N) is 1. The van der Waals surface area contributed by atoms with Crippen LogP contribution in [0.15, 0.2) is 22.7 Å². The van der Waals surface area contributed by atoms with Crippen molar-refractivity contribution < 1.29 is 9.90 Å². The Morgan fingerprint density at radius 2 is 2.11 bits per heavy atom. The van der Waals surface area contributed by atoms with Crippen molar-refractivity contribution in [2.24, 2.45) is 0 Å². The maximum Gasteiger partial charge on any atom is 0.256 e. The maximum atomic E-state index is 12.3. The number of amides is 1. The summed E-state index contributed by atoms with van der Waals surface area (Å²) in [4.78, 5) is 13.9. The Morgan fingerprint density at radius 3 is 2.56 bits per heavy atom. The molecule has 0 spiro atoms. The topological polar surface area (TPSA) is 66.6 Å². The highest BCUT2D eigenvalue weighted by Gasteiger charge is 2.23. The zero-order valence-electron chi connectivity index (χ0n) is 10.9. The first-order valence-electron chi connectivity index (χ1n) is 5.81. The lowest BCUT2D eigenvalue weighted by Crippen LogP contribution is -2.42. The maximum absolute atomic E-state index is 12.3. The Morgan fingerprint density at radius 1 is 1.50 bits per heavy atom. The number of carbonyl (C=O) groups excluding carboxylic acids is 1. The van der Waals surface area contributed by atoms with Gasteiger partial charge in [-0.05, 0) is 39.0 Å². The summed E-state index contributed by atoms with van der Waals surface area (Å²) in [5.74, 6) is -0.162. The normalized spacial score (nSPS) is 11.4. The number of likely N-dealkylation sites (N-methyl/N-ethyl adjacent to an activating group) is 1. The number of nitrogens with two attached hydrogens (primary N) is 1. The largest absolute Gasteiger partial charge is 0.398 e. The molecule has 4 nitrogen and oxygen atoms in total. The third-order valence-electron chi connectivity index (χ3n) is 2.49. The fraction of sp³-hybridized carbons (Fsp3) is 0.462. The smallest absolute Gasteiger partial charge is 0.256 e. The van der Waals surface area contributed by atoms with Crippen molar-refractivity contribution in [2.45, 2.75) is 26.4 Å². The number of aliphatic hydroxyl groups is 1. The molecule has 5 heteroatoms. The van der Waals surface area contributed by atoms with Crippen LogP contribution in [0.3, 0.4) is 0 Å². The van der Waals surface area contributed by atoms with Crippen LogP contribution < -0.4 is 5.73 Å². The summed E-state index contributed by atoms with van der Waals surface area (Å²) in [7, 11) is 0. The lowest BCUT2D eigenvalue weighted by Gasteiger charge is -2.28. The molecular formula is C13H19BrN2O2. The minimum atomic E-state index is -0.921. The molecular weight excluding hydrogens is 296 g/mol. The minimum Gasteiger partial charge on any atom is -0.398 e. The zero-order chi connectivity index (χ0) is 13.9. The average molecular weight is 315 g/mol. The van der Waals surface area contributed by atoms with Crippen molar-refractivity contribution >= 4 is 27.5 Å². The number of hydrogen-bond acceptors (Lipinski definition) is 3. The van der Waals surface area contributed by atoms with Gasteiger partial charge in [-0.25, -0.2) is 0 Å². The molecule has 1 aromatic rings. The Bertz CT molecular complexity index is 441. The van der Waals surface area contributed by atoms with Gasteiger partial charge in [0.2, 0.25) is 0 Å². The van der Waals surface area contributed by atoms with Crippen molar-refractivity contribution in [3.8, 4) is 0 Å². The molecule has 0 atom stereocenters. The van der Waals surface area contributed by atoms with Crippen molar-refractivity contribution in [1.29, 1.82) is 0 Å². The summed E-state index contributed by atoms with van der Waals surface area (Å²) in [5.41, 5.74) is 5.81. The fourth-order valence-corrected chi connectivity index (χ4v) is 2.07. The van der Waals surface area contributed by atoms with Crippen LogP contribution in [-0.2, 0) is 0 Å². The lowest BCUT2D eigenvalue weighted by atomic mass is 10.1. The summed E-state index contributed by atoms with van der Waals surface area (Å²) in [6.07, 6.45) is 0. The molecule has 0 saturated carbocycles. The molecule has 1 rings (SSSR count). The predicted octanol–water partition coefficient (Wildman–Crippen LogP) is 2.26. The van der Waals surface area contributed by atoms with Gasteiger partial charge in [0, 0.05) is 23.2 Å². The molecule has 0 fully saturated rings. The second-order valence-corrected chi connectivity index (χ2v) is 5.78. The Balaban J connectivity index is 2.97. The highest BCUT2D eigenvalue weighted by Crippen LogP contribution is 2.20. The number of hydrogen-bond donors (Lipinski definition) is 2. The van der Waals surface area contributed by atoms with Crippen LogP contribution in [0, 0.1) is 0 Å². The SMILES string of the molecule is CCN(CC(C)(C)O)C(=O)c1ccc(Br)cc1N. The summed E-state index contributed by atoms with van der Waals surface area (Å²) < 4.78 is 0.835. The monoisotopic (exact) mass is 314 g/mol. The lowest BCUT2D eigenvalue weighted by molar-refractivity contribution is 0.0315. The molecule has 0 unspecified atom stereocenters. The van der Waals surface area contributed by atoms with E-state index in [4.69, 9.17) is 5.73 Å². The van der Waals surface area contributed by atoms with Gasteiger partial charge < -0.3 is 15.7 Å². The molecule has 0 aliphatic rings. The zero-order valence-corrected chi connectivity index (χ0v) is 12.5. The number of nitrogen functional groups attached to an aromatic ring is 1. The Labute approximate surface area is 116 Å². The van der Waals surface area contributed by atoms with E-state index in [9.17, 15) is 9.90 Å². The summed E-state index contributed by atoms with van der Waals surface area (Å²) >= 11 is 3.30. The van der Waals surface area contributed by atoms with E-state index in [2.05, 4.69) is 15.9 Å². The number of benzene rings is 1. The molecule has 100 valence electrons. The Hall–Kier alpha value is -1.07. The molecule has 1 amide bonds. The summed E-state index contributed by atoms with van der Waals surface area (Å²) in [5, 5.41) is 9.80. The highest BCUT2D eigenvalue weighted by molar-refractivity contribution is 9.10. The van der Waals surface area contributed by atoms with Crippen molar-refractivity contribution in [1.82, 2.24) is 4.90 Å². The second kappa shape index (κ2) is 5.71. The predicted molar refractivity (Wildman–Crippen MR) is 76.4 cm³/mol. The van der Waals surface area contributed by atoms with Crippen molar-refractivity contribution in [3.63, 3.8) is 0 Å². The van der Waals surface area contributed by atoms with Gasteiger partial charge in [-0.2, -0.15) is 0 Å². The van der Waals surface area contributed by atoms with E-state index >= 15 is 0 Å². The van der Waals surface area contributed by atoms with E-state index in [1.54, 1.807) is 36.9 Å². The third-order valence-corrected chi connectivity index (χ3v) is 2.98. The van der Waals surface area contributed by atoms with Gasteiger partial charge in [0.05, 0.1) is 11.2 Å². The molecule has 3 N–H and O–H groups in total. The third kappa shape index (κ3) is 3.99. The van der Waals surface area contributed by atoms with Crippen LogP contribution in [0.25, 0.3) is 0 Å². The van der Waals surface area contributed by atoms with Gasteiger partial charge in [0.25, 0.3) is 5.91 Å². The van der Waals surface area contributed by atoms with Crippen molar-refractivity contribution in [2.75, 3.05) is 18.8 Å². The van der Waals surface area contributed by atoms with E-state index in [0.29, 0.717) is 17.8 Å². The number of rotatable bonds is 4. The first-order valence-corrected chi connectivity index (χ1v) is 6.60. The molecule has 0 heterocycles.